The fraction of sp³-hybridized carbons (Fsp3) is 0.367. The number of ether oxygens (including phenoxy) is 4. The molecule has 1 aliphatic rings. The zero-order valence-corrected chi connectivity index (χ0v) is 22.8. The highest BCUT2D eigenvalue weighted by Gasteiger charge is 2.27. The number of hydrogen-bond acceptors (Lipinski definition) is 7. The third-order valence-corrected chi connectivity index (χ3v) is 7.05. The first-order valence-corrected chi connectivity index (χ1v) is 13.6. The molecule has 3 aromatic rings. The number of carbonyl (C=O) groups excluding carboxylic acids is 1. The number of aryl methyl sites for hydroxylation is 2. The van der Waals surface area contributed by atoms with E-state index in [-0.39, 0.29) is 11.9 Å². The van der Waals surface area contributed by atoms with Crippen molar-refractivity contribution in [1.29, 1.82) is 0 Å². The van der Waals surface area contributed by atoms with Crippen LogP contribution in [0.1, 0.15) is 41.5 Å². The number of esters is 1. The third kappa shape index (κ3) is 6.99. The number of methoxy groups -OCH3 is 1. The van der Waals surface area contributed by atoms with E-state index in [1.165, 1.54) is 23.8 Å². The molecule has 0 bridgehead atoms. The summed E-state index contributed by atoms with van der Waals surface area (Å²) >= 11 is 1.70. The van der Waals surface area contributed by atoms with E-state index in [0.717, 1.165) is 46.2 Å². The summed E-state index contributed by atoms with van der Waals surface area (Å²) in [7, 11) is 1.41. The standard InChI is InChI=1S/C30H35NO5S/c1-5-37-31-11-12-34-26-13-20(2)30(21(3)14-26)23-8-6-7-22(15-23)18-35-25-9-10-27-24(16-29(32)33-4)19-36-28(27)17-25/h6-10,13-15,17,24,31H,5,11-12,16,18-19H2,1-4H3. The fourth-order valence-electron chi connectivity index (χ4n) is 4.63. The van der Waals surface area contributed by atoms with Crippen molar-refractivity contribution in [2.24, 2.45) is 0 Å². The van der Waals surface area contributed by atoms with Crippen LogP contribution in [0.15, 0.2) is 54.6 Å². The van der Waals surface area contributed by atoms with Gasteiger partial charge in [-0.15, -0.1) is 0 Å². The van der Waals surface area contributed by atoms with Crippen LogP contribution in [0.4, 0.5) is 0 Å². The predicted octanol–water partition coefficient (Wildman–Crippen LogP) is 6.23. The number of carbonyl (C=O) groups is 1. The largest absolute Gasteiger partial charge is 0.492 e. The zero-order chi connectivity index (χ0) is 26.2. The van der Waals surface area contributed by atoms with E-state index in [4.69, 9.17) is 18.9 Å². The molecule has 0 aliphatic carbocycles. The molecule has 1 N–H and O–H groups in total. The van der Waals surface area contributed by atoms with Gasteiger partial charge in [0, 0.05) is 29.8 Å². The second-order valence-corrected chi connectivity index (χ2v) is 10.2. The summed E-state index contributed by atoms with van der Waals surface area (Å²) in [5, 5.41) is 0. The minimum Gasteiger partial charge on any atom is -0.492 e. The third-order valence-electron chi connectivity index (χ3n) is 6.35. The highest BCUT2D eigenvalue weighted by molar-refractivity contribution is 7.97. The van der Waals surface area contributed by atoms with Gasteiger partial charge in [-0.05, 0) is 65.9 Å². The molecule has 1 atom stereocenters. The van der Waals surface area contributed by atoms with E-state index in [2.05, 4.69) is 61.9 Å². The van der Waals surface area contributed by atoms with Crippen LogP contribution in [0.3, 0.4) is 0 Å². The summed E-state index contributed by atoms with van der Waals surface area (Å²) in [4.78, 5) is 11.7. The first kappa shape index (κ1) is 26.9. The lowest BCUT2D eigenvalue weighted by Crippen LogP contribution is -2.14. The lowest BCUT2D eigenvalue weighted by atomic mass is 9.94. The van der Waals surface area contributed by atoms with E-state index in [1.54, 1.807) is 11.9 Å². The molecule has 1 unspecified atom stereocenters. The second-order valence-electron chi connectivity index (χ2n) is 9.08. The molecule has 4 rings (SSSR count). The lowest BCUT2D eigenvalue weighted by Gasteiger charge is -2.15. The molecule has 6 nitrogen and oxygen atoms in total. The van der Waals surface area contributed by atoms with Crippen LogP contribution in [0.25, 0.3) is 11.1 Å². The van der Waals surface area contributed by atoms with Crippen LogP contribution >= 0.6 is 11.9 Å². The van der Waals surface area contributed by atoms with E-state index in [0.29, 0.717) is 26.2 Å². The van der Waals surface area contributed by atoms with Gasteiger partial charge < -0.3 is 18.9 Å². The van der Waals surface area contributed by atoms with Crippen molar-refractivity contribution in [3.63, 3.8) is 0 Å². The monoisotopic (exact) mass is 521 g/mol. The highest BCUT2D eigenvalue weighted by Crippen LogP contribution is 2.38. The molecule has 37 heavy (non-hydrogen) atoms. The summed E-state index contributed by atoms with van der Waals surface area (Å²) in [6, 6.07) is 18.5. The van der Waals surface area contributed by atoms with Crippen LogP contribution in [0.2, 0.25) is 0 Å². The van der Waals surface area contributed by atoms with Crippen molar-refractivity contribution in [3.8, 4) is 28.4 Å². The van der Waals surface area contributed by atoms with Gasteiger partial charge in [0.1, 0.15) is 30.5 Å². The molecular formula is C30H35NO5S. The van der Waals surface area contributed by atoms with Crippen molar-refractivity contribution in [1.82, 2.24) is 4.72 Å². The average Bonchev–Trinajstić information content (AvgIpc) is 3.29. The summed E-state index contributed by atoms with van der Waals surface area (Å²) in [5.74, 6) is 3.24. The Morgan fingerprint density at radius 1 is 1.05 bits per heavy atom. The number of fused-ring (bicyclic) bond motifs is 1. The van der Waals surface area contributed by atoms with Gasteiger partial charge in [-0.3, -0.25) is 9.52 Å². The first-order valence-electron chi connectivity index (χ1n) is 12.6. The van der Waals surface area contributed by atoms with E-state index < -0.39 is 0 Å². The minimum absolute atomic E-state index is 0.0215. The average molecular weight is 522 g/mol. The molecule has 0 spiro atoms. The molecule has 0 fully saturated rings. The number of benzene rings is 3. The van der Waals surface area contributed by atoms with E-state index in [9.17, 15) is 4.79 Å². The Hall–Kier alpha value is -3.16. The van der Waals surface area contributed by atoms with Crippen molar-refractivity contribution >= 4 is 17.9 Å². The van der Waals surface area contributed by atoms with Crippen LogP contribution in [-0.2, 0) is 16.1 Å². The van der Waals surface area contributed by atoms with Gasteiger partial charge in [-0.2, -0.15) is 0 Å². The smallest absolute Gasteiger partial charge is 0.306 e. The Morgan fingerprint density at radius 2 is 1.86 bits per heavy atom. The number of nitrogens with one attached hydrogen (secondary N) is 1. The van der Waals surface area contributed by atoms with Gasteiger partial charge in [-0.1, -0.05) is 43.1 Å². The molecule has 196 valence electrons. The topological polar surface area (TPSA) is 66.0 Å². The lowest BCUT2D eigenvalue weighted by molar-refractivity contribution is -0.141. The molecule has 1 aliphatic heterocycles. The normalized spacial score (nSPS) is 14.1. The molecule has 1 heterocycles. The van der Waals surface area contributed by atoms with Crippen molar-refractivity contribution in [2.75, 3.05) is 32.6 Å². The second kappa shape index (κ2) is 12.9. The van der Waals surface area contributed by atoms with Gasteiger partial charge in [0.2, 0.25) is 0 Å². The van der Waals surface area contributed by atoms with Gasteiger partial charge in [-0.25, -0.2) is 0 Å². The van der Waals surface area contributed by atoms with Gasteiger partial charge >= 0.3 is 5.97 Å². The van der Waals surface area contributed by atoms with Crippen molar-refractivity contribution in [3.05, 3.63) is 76.9 Å². The van der Waals surface area contributed by atoms with Crippen molar-refractivity contribution < 1.29 is 23.7 Å². The Balaban J connectivity index is 1.40. The molecule has 7 heteroatoms. The summed E-state index contributed by atoms with van der Waals surface area (Å²) in [6.45, 7) is 8.75. The van der Waals surface area contributed by atoms with Gasteiger partial charge in [0.25, 0.3) is 0 Å². The molecule has 0 saturated carbocycles. The summed E-state index contributed by atoms with van der Waals surface area (Å²) < 4.78 is 25.9. The Morgan fingerprint density at radius 3 is 2.62 bits per heavy atom. The predicted molar refractivity (Wildman–Crippen MR) is 149 cm³/mol. The SMILES string of the molecule is CCSNCCOc1cc(C)c(-c2cccc(COc3ccc4c(c3)OCC4CC(=O)OC)c2)c(C)c1. The Labute approximate surface area is 223 Å². The van der Waals surface area contributed by atoms with Crippen LogP contribution in [0, 0.1) is 13.8 Å². The van der Waals surface area contributed by atoms with Crippen LogP contribution < -0.4 is 18.9 Å². The molecule has 3 aromatic carbocycles. The molecule has 0 amide bonds. The Bertz CT molecular complexity index is 1210. The van der Waals surface area contributed by atoms with Crippen molar-refractivity contribution in [2.45, 2.75) is 39.7 Å². The summed E-state index contributed by atoms with van der Waals surface area (Å²) in [5.41, 5.74) is 6.85. The first-order chi connectivity index (χ1) is 18.0. The fourth-order valence-corrected chi connectivity index (χ4v) is 5.06. The maximum absolute atomic E-state index is 11.7. The Kier molecular flexibility index (Phi) is 9.36. The molecule has 0 saturated heterocycles. The number of rotatable bonds is 12. The quantitative estimate of drug-likeness (QED) is 0.172. The summed E-state index contributed by atoms with van der Waals surface area (Å²) in [6.07, 6.45) is 0.317. The maximum Gasteiger partial charge on any atom is 0.306 e. The zero-order valence-electron chi connectivity index (χ0n) is 22.0. The van der Waals surface area contributed by atoms with Gasteiger partial charge in [0.15, 0.2) is 0 Å². The van der Waals surface area contributed by atoms with Gasteiger partial charge in [0.05, 0.1) is 20.1 Å². The minimum atomic E-state index is -0.229. The number of hydrogen-bond donors (Lipinski definition) is 1. The maximum atomic E-state index is 11.7. The van der Waals surface area contributed by atoms with E-state index >= 15 is 0 Å². The van der Waals surface area contributed by atoms with E-state index in [1.807, 2.05) is 18.2 Å². The molecule has 0 aromatic heterocycles. The van der Waals surface area contributed by atoms with Crippen LogP contribution in [-0.4, -0.2) is 38.6 Å². The van der Waals surface area contributed by atoms with Crippen LogP contribution in [0.5, 0.6) is 17.2 Å². The molecule has 0 radical (unpaired) electrons. The molecular weight excluding hydrogens is 486 g/mol. The highest BCUT2D eigenvalue weighted by atomic mass is 32.2.